The second-order valence-corrected chi connectivity index (χ2v) is 6.29. The molecule has 0 radical (unpaired) electrons. The second kappa shape index (κ2) is 8.63. The lowest BCUT2D eigenvalue weighted by Gasteiger charge is -2.34. The highest BCUT2D eigenvalue weighted by Crippen LogP contribution is 2.30. The Balaban J connectivity index is 1.67. The van der Waals surface area contributed by atoms with Crippen LogP contribution in [0.15, 0.2) is 34.9 Å². The van der Waals surface area contributed by atoms with Crippen LogP contribution in [-0.4, -0.2) is 40.5 Å². The monoisotopic (exact) mass is 375 g/mol. The summed E-state index contributed by atoms with van der Waals surface area (Å²) in [7, 11) is 0. The lowest BCUT2D eigenvalue weighted by molar-refractivity contribution is -0.137. The van der Waals surface area contributed by atoms with Gasteiger partial charge in [-0.15, -0.1) is 0 Å². The van der Waals surface area contributed by atoms with Crippen LogP contribution < -0.4 is 5.32 Å². The zero-order valence-corrected chi connectivity index (χ0v) is 14.7. The molecule has 1 aliphatic rings. The third-order valence-electron chi connectivity index (χ3n) is 4.35. The van der Waals surface area contributed by atoms with Crippen molar-refractivity contribution in [2.75, 3.05) is 13.2 Å². The van der Waals surface area contributed by atoms with Crippen molar-refractivity contribution in [3.8, 4) is 0 Å². The smallest absolute Gasteiger partial charge is 0.408 e. The Morgan fingerprint density at radius 2 is 1.96 bits per heavy atom. The Labute approximate surface area is 155 Å². The Kier molecular flexibility index (Phi) is 6.02. The molecular weight excluding hydrogens is 354 g/mol. The number of carbonyl (C=O) groups excluding carboxylic acids is 1. The van der Waals surface area contributed by atoms with E-state index in [0.29, 0.717) is 31.9 Å². The molecule has 1 amide bonds. The molecule has 2 N–H and O–H groups in total. The summed E-state index contributed by atoms with van der Waals surface area (Å²) in [5.74, 6) is -0.418. The fraction of sp³-hybridized carbons (Fsp3) is 0.444. The average molecular weight is 375 g/mol. The summed E-state index contributed by atoms with van der Waals surface area (Å²) in [6.07, 6.45) is 0.367. The highest BCUT2D eigenvalue weighted by Gasteiger charge is 2.41. The molecule has 0 saturated carbocycles. The maximum atomic E-state index is 12.3. The molecule has 0 bridgehead atoms. The summed E-state index contributed by atoms with van der Waals surface area (Å²) in [4.78, 5) is 27.3. The number of benzene rings is 1. The van der Waals surface area contributed by atoms with E-state index >= 15 is 0 Å². The van der Waals surface area contributed by atoms with Crippen molar-refractivity contribution >= 4 is 12.1 Å². The number of carboxylic acids is 1. The highest BCUT2D eigenvalue weighted by atomic mass is 16.5. The molecule has 9 heteroatoms. The van der Waals surface area contributed by atoms with E-state index in [0.717, 1.165) is 5.56 Å². The Bertz CT molecular complexity index is 770. The van der Waals surface area contributed by atoms with Gasteiger partial charge >= 0.3 is 12.1 Å². The van der Waals surface area contributed by atoms with E-state index in [1.54, 1.807) is 0 Å². The van der Waals surface area contributed by atoms with Crippen molar-refractivity contribution in [3.05, 3.63) is 47.6 Å². The number of ether oxygens (including phenoxy) is 2. The molecular formula is C18H21N3O6. The molecule has 0 spiro atoms. The quantitative estimate of drug-likeness (QED) is 0.753. The van der Waals surface area contributed by atoms with Crippen LogP contribution in [0.5, 0.6) is 0 Å². The molecule has 27 heavy (non-hydrogen) atoms. The number of alkyl carbamates (subject to hydrolysis) is 1. The summed E-state index contributed by atoms with van der Waals surface area (Å²) in [5, 5.41) is 15.6. The van der Waals surface area contributed by atoms with Crippen LogP contribution in [0.2, 0.25) is 0 Å². The molecule has 1 saturated heterocycles. The van der Waals surface area contributed by atoms with E-state index < -0.39 is 17.6 Å². The number of aliphatic carboxylic acids is 1. The van der Waals surface area contributed by atoms with Crippen molar-refractivity contribution in [1.29, 1.82) is 0 Å². The molecule has 0 atom stereocenters. The Morgan fingerprint density at radius 1 is 1.22 bits per heavy atom. The Morgan fingerprint density at radius 3 is 2.67 bits per heavy atom. The minimum atomic E-state index is -0.946. The average Bonchev–Trinajstić information content (AvgIpc) is 3.16. The summed E-state index contributed by atoms with van der Waals surface area (Å²) >= 11 is 0. The van der Waals surface area contributed by atoms with Gasteiger partial charge in [0.2, 0.25) is 5.89 Å². The van der Waals surface area contributed by atoms with Crippen LogP contribution in [0.1, 0.15) is 36.5 Å². The molecule has 1 aromatic carbocycles. The third-order valence-corrected chi connectivity index (χ3v) is 4.35. The first kappa shape index (κ1) is 18.8. The number of rotatable bonds is 7. The van der Waals surface area contributed by atoms with E-state index in [4.69, 9.17) is 19.1 Å². The summed E-state index contributed by atoms with van der Waals surface area (Å²) < 4.78 is 15.8. The molecule has 1 aromatic heterocycles. The van der Waals surface area contributed by atoms with E-state index in [9.17, 15) is 9.59 Å². The van der Waals surface area contributed by atoms with Gasteiger partial charge in [0.15, 0.2) is 5.82 Å². The molecule has 9 nitrogen and oxygen atoms in total. The lowest BCUT2D eigenvalue weighted by Crippen LogP contribution is -2.50. The number of nitrogens with one attached hydrogen (secondary N) is 1. The minimum absolute atomic E-state index is 0.107. The molecule has 3 rings (SSSR count). The number of carboxylic acid groups (broad SMARTS) is 1. The lowest BCUT2D eigenvalue weighted by atomic mass is 9.89. The maximum absolute atomic E-state index is 12.3. The first-order valence-corrected chi connectivity index (χ1v) is 8.69. The number of aryl methyl sites for hydroxylation is 1. The van der Waals surface area contributed by atoms with E-state index in [-0.39, 0.29) is 25.3 Å². The number of hydrogen-bond donors (Lipinski definition) is 2. The largest absolute Gasteiger partial charge is 0.481 e. The van der Waals surface area contributed by atoms with Gasteiger partial charge in [0.25, 0.3) is 0 Å². The van der Waals surface area contributed by atoms with Crippen LogP contribution in [0.4, 0.5) is 4.79 Å². The molecule has 144 valence electrons. The zero-order valence-electron chi connectivity index (χ0n) is 14.7. The number of aromatic nitrogens is 2. The maximum Gasteiger partial charge on any atom is 0.408 e. The topological polar surface area (TPSA) is 124 Å². The van der Waals surface area contributed by atoms with Gasteiger partial charge in [0.1, 0.15) is 12.1 Å². The van der Waals surface area contributed by atoms with Gasteiger partial charge in [-0.3, -0.25) is 4.79 Å². The van der Waals surface area contributed by atoms with Gasteiger partial charge in [0.05, 0.1) is 6.42 Å². The van der Waals surface area contributed by atoms with Gasteiger partial charge in [0, 0.05) is 32.5 Å². The number of carbonyl (C=O) groups is 2. The van der Waals surface area contributed by atoms with Crippen molar-refractivity contribution in [2.24, 2.45) is 0 Å². The molecule has 2 aromatic rings. The van der Waals surface area contributed by atoms with Crippen molar-refractivity contribution in [1.82, 2.24) is 15.5 Å². The third kappa shape index (κ3) is 5.04. The normalized spacial score (nSPS) is 15.9. The zero-order chi connectivity index (χ0) is 19.1. The molecule has 0 aliphatic carbocycles. The summed E-state index contributed by atoms with van der Waals surface area (Å²) in [5.41, 5.74) is 0.0148. The van der Waals surface area contributed by atoms with Gasteiger partial charge < -0.3 is 24.4 Å². The fourth-order valence-electron chi connectivity index (χ4n) is 2.84. The van der Waals surface area contributed by atoms with Crippen LogP contribution in [0.3, 0.4) is 0 Å². The van der Waals surface area contributed by atoms with E-state index in [2.05, 4.69) is 15.5 Å². The highest BCUT2D eigenvalue weighted by molar-refractivity contribution is 5.68. The number of nitrogens with zero attached hydrogens (tertiary/aromatic N) is 2. The van der Waals surface area contributed by atoms with Crippen molar-refractivity contribution < 1.29 is 28.7 Å². The van der Waals surface area contributed by atoms with Gasteiger partial charge in [-0.2, -0.15) is 4.98 Å². The van der Waals surface area contributed by atoms with E-state index in [1.165, 1.54) is 0 Å². The molecule has 1 fully saturated rings. The Hall–Kier alpha value is -2.94. The first-order valence-electron chi connectivity index (χ1n) is 8.69. The van der Waals surface area contributed by atoms with Crippen LogP contribution >= 0.6 is 0 Å². The van der Waals surface area contributed by atoms with E-state index in [1.807, 2.05) is 30.3 Å². The first-order chi connectivity index (χ1) is 13.1. The summed E-state index contributed by atoms with van der Waals surface area (Å²) in [6.45, 7) is 1.01. The second-order valence-electron chi connectivity index (χ2n) is 6.29. The summed E-state index contributed by atoms with van der Waals surface area (Å²) in [6, 6.07) is 9.36. The van der Waals surface area contributed by atoms with Crippen molar-refractivity contribution in [2.45, 2.75) is 37.8 Å². The van der Waals surface area contributed by atoms with Gasteiger partial charge in [-0.25, -0.2) is 4.79 Å². The molecule has 0 unspecified atom stereocenters. The fourth-order valence-corrected chi connectivity index (χ4v) is 2.84. The predicted molar refractivity (Wildman–Crippen MR) is 91.7 cm³/mol. The van der Waals surface area contributed by atoms with Crippen LogP contribution in [-0.2, 0) is 32.8 Å². The number of amides is 1. The SMILES string of the molecule is O=C(O)CCc1nc(C2(NC(=O)OCc3ccccc3)CCOCC2)no1. The van der Waals surface area contributed by atoms with Gasteiger partial charge in [-0.1, -0.05) is 35.5 Å². The predicted octanol–water partition coefficient (Wildman–Crippen LogP) is 2.02. The van der Waals surface area contributed by atoms with Crippen molar-refractivity contribution in [3.63, 3.8) is 0 Å². The standard InChI is InChI=1S/C18H21N3O6/c22-15(23)7-6-14-19-16(21-27-14)18(8-10-25-11-9-18)20-17(24)26-12-13-4-2-1-3-5-13/h1-5H,6-12H2,(H,20,24)(H,22,23). The molecule has 2 heterocycles. The minimum Gasteiger partial charge on any atom is -0.481 e. The molecule has 1 aliphatic heterocycles. The van der Waals surface area contributed by atoms with Crippen LogP contribution in [0, 0.1) is 0 Å². The van der Waals surface area contributed by atoms with Crippen LogP contribution in [0.25, 0.3) is 0 Å². The number of hydrogen-bond acceptors (Lipinski definition) is 7. The van der Waals surface area contributed by atoms with Gasteiger partial charge in [-0.05, 0) is 5.56 Å².